The van der Waals surface area contributed by atoms with Gasteiger partial charge in [-0.25, -0.2) is 0 Å². The molecule has 2 rings (SSSR count). The Morgan fingerprint density at radius 1 is 1.32 bits per heavy atom. The van der Waals surface area contributed by atoms with Crippen molar-refractivity contribution in [3.05, 3.63) is 41.0 Å². The molecule has 4 nitrogen and oxygen atoms in total. The van der Waals surface area contributed by atoms with E-state index < -0.39 is 10.8 Å². The predicted octanol–water partition coefficient (Wildman–Crippen LogP) is 3.17. The number of nitrogens with zero attached hydrogens (tertiary/aromatic N) is 1. The molecule has 1 heterocycles. The van der Waals surface area contributed by atoms with Crippen molar-refractivity contribution >= 4 is 39.2 Å². The zero-order valence-electron chi connectivity index (χ0n) is 12.9. The van der Waals surface area contributed by atoms with Crippen LogP contribution in [0.15, 0.2) is 30.5 Å². The molecule has 6 heteroatoms. The first-order valence-electron chi connectivity index (χ1n) is 7.00. The third-order valence-corrected chi connectivity index (χ3v) is 5.49. The van der Waals surface area contributed by atoms with E-state index in [1.54, 1.807) is 24.4 Å². The molecular formula is C16H19ClN2O2S. The SMILES string of the molecule is CC(C)(C)[S@](=O)CCNC(=O)c1ccc(Cl)c2cccnc12. The van der Waals surface area contributed by atoms with Gasteiger partial charge in [0.15, 0.2) is 0 Å². The van der Waals surface area contributed by atoms with E-state index in [1.807, 2.05) is 26.8 Å². The lowest BCUT2D eigenvalue weighted by Crippen LogP contribution is -2.32. The van der Waals surface area contributed by atoms with Gasteiger partial charge in [0.2, 0.25) is 0 Å². The van der Waals surface area contributed by atoms with Crippen molar-refractivity contribution in [2.45, 2.75) is 25.5 Å². The summed E-state index contributed by atoms with van der Waals surface area (Å²) in [5.41, 5.74) is 1.05. The first-order chi connectivity index (χ1) is 10.3. The maximum Gasteiger partial charge on any atom is 0.253 e. The van der Waals surface area contributed by atoms with Crippen LogP contribution < -0.4 is 5.32 Å². The van der Waals surface area contributed by atoms with Crippen molar-refractivity contribution in [3.8, 4) is 0 Å². The van der Waals surface area contributed by atoms with Gasteiger partial charge >= 0.3 is 0 Å². The summed E-state index contributed by atoms with van der Waals surface area (Å²) >= 11 is 6.12. The maximum atomic E-state index is 12.3. The molecule has 118 valence electrons. The molecular weight excluding hydrogens is 320 g/mol. The number of hydrogen-bond donors (Lipinski definition) is 1. The summed E-state index contributed by atoms with van der Waals surface area (Å²) in [6, 6.07) is 6.96. The van der Waals surface area contributed by atoms with Gasteiger partial charge < -0.3 is 5.32 Å². The average Bonchev–Trinajstić information content (AvgIpc) is 2.46. The second-order valence-electron chi connectivity index (χ2n) is 5.91. The first kappa shape index (κ1) is 16.9. The molecule has 0 unspecified atom stereocenters. The van der Waals surface area contributed by atoms with Crippen LogP contribution in [0.5, 0.6) is 0 Å². The van der Waals surface area contributed by atoms with E-state index in [-0.39, 0.29) is 10.7 Å². The van der Waals surface area contributed by atoms with Crippen molar-refractivity contribution < 1.29 is 9.00 Å². The third kappa shape index (κ3) is 3.84. The number of benzene rings is 1. The smallest absolute Gasteiger partial charge is 0.253 e. The Labute approximate surface area is 137 Å². The molecule has 1 aromatic heterocycles. The highest BCUT2D eigenvalue weighted by molar-refractivity contribution is 7.86. The number of hydrogen-bond acceptors (Lipinski definition) is 3. The highest BCUT2D eigenvalue weighted by Gasteiger charge is 2.19. The van der Waals surface area contributed by atoms with Crippen LogP contribution in [0.3, 0.4) is 0 Å². The van der Waals surface area contributed by atoms with Gasteiger partial charge in [0.25, 0.3) is 5.91 Å². The van der Waals surface area contributed by atoms with E-state index >= 15 is 0 Å². The summed E-state index contributed by atoms with van der Waals surface area (Å²) in [7, 11) is -0.992. The van der Waals surface area contributed by atoms with E-state index in [4.69, 9.17) is 11.6 Å². The number of halogens is 1. The Morgan fingerprint density at radius 2 is 2.05 bits per heavy atom. The number of pyridine rings is 1. The molecule has 0 saturated carbocycles. The number of amides is 1. The number of fused-ring (bicyclic) bond motifs is 1. The molecule has 1 aromatic carbocycles. The molecule has 1 N–H and O–H groups in total. The molecule has 0 aliphatic rings. The largest absolute Gasteiger partial charge is 0.351 e. The fourth-order valence-electron chi connectivity index (χ4n) is 1.98. The Balaban J connectivity index is 2.11. The number of nitrogens with one attached hydrogen (secondary N) is 1. The van der Waals surface area contributed by atoms with Crippen LogP contribution >= 0.6 is 11.6 Å². The minimum atomic E-state index is -0.992. The molecule has 0 radical (unpaired) electrons. The van der Waals surface area contributed by atoms with Crippen LogP contribution in [0, 0.1) is 0 Å². The normalized spacial score (nSPS) is 13.1. The van der Waals surface area contributed by atoms with Crippen molar-refractivity contribution in [1.82, 2.24) is 10.3 Å². The Morgan fingerprint density at radius 3 is 2.73 bits per heavy atom. The third-order valence-electron chi connectivity index (χ3n) is 3.22. The van der Waals surface area contributed by atoms with Gasteiger partial charge in [-0.05, 0) is 45.0 Å². The fraction of sp³-hybridized carbons (Fsp3) is 0.375. The van der Waals surface area contributed by atoms with Gasteiger partial charge in [-0.15, -0.1) is 0 Å². The number of carbonyl (C=O) groups excluding carboxylic acids is 1. The average molecular weight is 339 g/mol. The van der Waals surface area contributed by atoms with Gasteiger partial charge in [0.1, 0.15) is 0 Å². The van der Waals surface area contributed by atoms with Crippen LogP contribution in [0.25, 0.3) is 10.9 Å². The lowest BCUT2D eigenvalue weighted by atomic mass is 10.1. The summed E-state index contributed by atoms with van der Waals surface area (Å²) in [4.78, 5) is 16.5. The summed E-state index contributed by atoms with van der Waals surface area (Å²) in [5, 5.41) is 4.11. The van der Waals surface area contributed by atoms with Gasteiger partial charge in [0, 0.05) is 39.4 Å². The maximum absolute atomic E-state index is 12.3. The number of aromatic nitrogens is 1. The molecule has 0 bridgehead atoms. The van der Waals surface area contributed by atoms with Crippen LogP contribution in [0.2, 0.25) is 5.02 Å². The molecule has 1 atom stereocenters. The second-order valence-corrected chi connectivity index (χ2v) is 8.64. The lowest BCUT2D eigenvalue weighted by molar-refractivity contribution is 0.0957. The van der Waals surface area contributed by atoms with Gasteiger partial charge in [-0.1, -0.05) is 11.6 Å². The summed E-state index contributed by atoms with van der Waals surface area (Å²) in [6.07, 6.45) is 1.63. The van der Waals surface area contributed by atoms with Crippen molar-refractivity contribution in [3.63, 3.8) is 0 Å². The Hall–Kier alpha value is -1.46. The molecule has 0 fully saturated rings. The Bertz CT molecular complexity index is 726. The van der Waals surface area contributed by atoms with E-state index in [1.165, 1.54) is 0 Å². The van der Waals surface area contributed by atoms with Gasteiger partial charge in [-0.3, -0.25) is 14.0 Å². The zero-order valence-corrected chi connectivity index (χ0v) is 14.4. The van der Waals surface area contributed by atoms with E-state index in [0.717, 1.165) is 5.39 Å². The van der Waals surface area contributed by atoms with E-state index in [0.29, 0.717) is 28.4 Å². The number of rotatable bonds is 4. The van der Waals surface area contributed by atoms with Crippen molar-refractivity contribution in [2.24, 2.45) is 0 Å². The molecule has 2 aromatic rings. The quantitative estimate of drug-likeness (QED) is 0.931. The highest BCUT2D eigenvalue weighted by atomic mass is 35.5. The first-order valence-corrected chi connectivity index (χ1v) is 8.70. The van der Waals surface area contributed by atoms with Crippen LogP contribution in [0.4, 0.5) is 0 Å². The predicted molar refractivity (Wildman–Crippen MR) is 91.8 cm³/mol. The molecule has 0 aliphatic heterocycles. The van der Waals surface area contributed by atoms with Gasteiger partial charge in [0.05, 0.1) is 16.1 Å². The highest BCUT2D eigenvalue weighted by Crippen LogP contribution is 2.24. The van der Waals surface area contributed by atoms with E-state index in [9.17, 15) is 9.00 Å². The molecule has 22 heavy (non-hydrogen) atoms. The van der Waals surface area contributed by atoms with Crippen LogP contribution in [-0.2, 0) is 10.8 Å². The van der Waals surface area contributed by atoms with Crippen molar-refractivity contribution in [1.29, 1.82) is 0 Å². The molecule has 1 amide bonds. The standard InChI is InChI=1S/C16H19ClN2O2S/c1-16(2,3)22(21)10-9-19-15(20)12-6-7-13(17)11-5-4-8-18-14(11)12/h4-8H,9-10H2,1-3H3,(H,19,20)/t22-/m1/s1. The van der Waals surface area contributed by atoms with Crippen molar-refractivity contribution in [2.75, 3.05) is 12.3 Å². The monoisotopic (exact) mass is 338 g/mol. The fourth-order valence-corrected chi connectivity index (χ4v) is 3.10. The summed E-state index contributed by atoms with van der Waals surface area (Å²) < 4.78 is 11.7. The second kappa shape index (κ2) is 6.75. The topological polar surface area (TPSA) is 59.1 Å². The van der Waals surface area contributed by atoms with Crippen LogP contribution in [-0.4, -0.2) is 32.1 Å². The van der Waals surface area contributed by atoms with E-state index in [2.05, 4.69) is 10.3 Å². The lowest BCUT2D eigenvalue weighted by Gasteiger charge is -2.17. The van der Waals surface area contributed by atoms with Crippen LogP contribution in [0.1, 0.15) is 31.1 Å². The Kier molecular flexibility index (Phi) is 5.19. The minimum absolute atomic E-state index is 0.230. The minimum Gasteiger partial charge on any atom is -0.351 e. The molecule has 0 aliphatic carbocycles. The zero-order chi connectivity index (χ0) is 16.3. The summed E-state index contributed by atoms with van der Waals surface area (Å²) in [6.45, 7) is 6.12. The summed E-state index contributed by atoms with van der Waals surface area (Å²) in [5.74, 6) is 0.194. The van der Waals surface area contributed by atoms with Gasteiger partial charge in [-0.2, -0.15) is 0 Å². The number of carbonyl (C=O) groups is 1. The molecule has 0 saturated heterocycles. The molecule has 0 spiro atoms.